The fraction of sp³-hybridized carbons (Fsp3) is 0.261. The number of carboxylic acid groups (broad SMARTS) is 1. The molecule has 146 valence electrons. The van der Waals surface area contributed by atoms with Crippen LogP contribution < -0.4 is 4.74 Å². The third-order valence-corrected chi connectivity index (χ3v) is 4.56. The summed E-state index contributed by atoms with van der Waals surface area (Å²) in [6, 6.07) is 17.9. The fourth-order valence-electron chi connectivity index (χ4n) is 3.09. The topological polar surface area (TPSA) is 51.5 Å². The molecule has 1 aromatic heterocycles. The van der Waals surface area contributed by atoms with Gasteiger partial charge in [-0.05, 0) is 79.1 Å². The zero-order valence-electron chi connectivity index (χ0n) is 15.9. The normalized spacial score (nSPS) is 10.8. The monoisotopic (exact) mass is 381 g/mol. The molecule has 28 heavy (non-hydrogen) atoms. The van der Waals surface area contributed by atoms with Gasteiger partial charge in [0.25, 0.3) is 0 Å². The van der Waals surface area contributed by atoms with Crippen molar-refractivity contribution in [3.05, 3.63) is 72.2 Å². The van der Waals surface area contributed by atoms with Crippen LogP contribution in [-0.4, -0.2) is 22.2 Å². The number of ether oxygens (including phenoxy) is 1. The van der Waals surface area contributed by atoms with Crippen LogP contribution in [-0.2, 0) is 11.2 Å². The van der Waals surface area contributed by atoms with E-state index >= 15 is 0 Å². The van der Waals surface area contributed by atoms with Gasteiger partial charge in [0.05, 0.1) is 18.7 Å². The lowest BCUT2D eigenvalue weighted by Crippen LogP contribution is -2.05. The average molecular weight is 381 g/mol. The molecule has 0 amide bonds. The summed E-state index contributed by atoms with van der Waals surface area (Å²) in [6.45, 7) is 2.80. The van der Waals surface area contributed by atoms with Crippen molar-refractivity contribution in [2.24, 2.45) is 0 Å². The van der Waals surface area contributed by atoms with Crippen LogP contribution in [0.5, 0.6) is 5.75 Å². The molecule has 0 bridgehead atoms. The zero-order valence-corrected chi connectivity index (χ0v) is 15.9. The summed E-state index contributed by atoms with van der Waals surface area (Å²) in [5.41, 5.74) is 3.56. The van der Waals surface area contributed by atoms with Crippen molar-refractivity contribution >= 4 is 5.97 Å². The Hall–Kier alpha value is -3.08. The lowest BCUT2D eigenvalue weighted by atomic mass is 10.1. The minimum atomic E-state index is -0.837. The Morgan fingerprint density at radius 1 is 1.04 bits per heavy atom. The molecule has 3 aromatic rings. The van der Waals surface area contributed by atoms with Crippen molar-refractivity contribution < 1.29 is 19.0 Å². The van der Waals surface area contributed by atoms with Crippen molar-refractivity contribution in [2.45, 2.75) is 32.6 Å². The van der Waals surface area contributed by atoms with Crippen molar-refractivity contribution in [1.82, 2.24) is 4.57 Å². The van der Waals surface area contributed by atoms with Gasteiger partial charge in [-0.1, -0.05) is 13.3 Å². The van der Waals surface area contributed by atoms with E-state index in [1.54, 1.807) is 12.1 Å². The summed E-state index contributed by atoms with van der Waals surface area (Å²) < 4.78 is 21.1. The number of aryl methyl sites for hydroxylation is 1. The molecule has 0 saturated heterocycles. The number of halogens is 1. The lowest BCUT2D eigenvalue weighted by Gasteiger charge is -2.15. The van der Waals surface area contributed by atoms with Gasteiger partial charge >= 0.3 is 5.97 Å². The highest BCUT2D eigenvalue weighted by Gasteiger charge is 2.13. The number of carbonyl (C=O) groups is 1. The highest BCUT2D eigenvalue weighted by atomic mass is 19.1. The maximum Gasteiger partial charge on any atom is 0.303 e. The third kappa shape index (κ3) is 4.80. The maximum atomic E-state index is 13.3. The third-order valence-electron chi connectivity index (χ3n) is 4.56. The first-order chi connectivity index (χ1) is 13.6. The van der Waals surface area contributed by atoms with E-state index in [1.807, 2.05) is 41.0 Å². The quantitative estimate of drug-likeness (QED) is 0.499. The highest BCUT2D eigenvalue weighted by molar-refractivity contribution is 5.68. The lowest BCUT2D eigenvalue weighted by molar-refractivity contribution is -0.136. The van der Waals surface area contributed by atoms with Crippen LogP contribution in [0, 0.1) is 5.82 Å². The first-order valence-electron chi connectivity index (χ1n) is 9.50. The van der Waals surface area contributed by atoms with Crippen LogP contribution in [0.3, 0.4) is 0 Å². The van der Waals surface area contributed by atoms with Gasteiger partial charge in [-0.3, -0.25) is 4.79 Å². The first-order valence-corrected chi connectivity index (χ1v) is 9.50. The number of hydrogen-bond acceptors (Lipinski definition) is 2. The van der Waals surface area contributed by atoms with Gasteiger partial charge < -0.3 is 14.4 Å². The molecular weight excluding hydrogens is 357 g/mol. The number of unbranched alkanes of at least 4 members (excludes halogenated alkanes) is 1. The molecule has 0 unspecified atom stereocenters. The summed E-state index contributed by atoms with van der Waals surface area (Å²) in [5, 5.41) is 9.06. The molecule has 0 aliphatic carbocycles. The molecule has 4 nitrogen and oxygen atoms in total. The van der Waals surface area contributed by atoms with Crippen molar-refractivity contribution in [3.63, 3.8) is 0 Å². The molecule has 1 N–H and O–H groups in total. The summed E-state index contributed by atoms with van der Waals surface area (Å²) >= 11 is 0. The number of rotatable bonds is 9. The second-order valence-corrected chi connectivity index (χ2v) is 6.64. The van der Waals surface area contributed by atoms with Gasteiger partial charge in [0.1, 0.15) is 11.6 Å². The van der Waals surface area contributed by atoms with E-state index in [9.17, 15) is 9.18 Å². The van der Waals surface area contributed by atoms with Gasteiger partial charge in [0.2, 0.25) is 0 Å². The molecule has 0 fully saturated rings. The van der Waals surface area contributed by atoms with Gasteiger partial charge in [-0.15, -0.1) is 0 Å². The number of nitrogens with zero attached hydrogens (tertiary/aromatic N) is 1. The molecule has 3 rings (SSSR count). The minimum absolute atomic E-state index is 0.0467. The van der Waals surface area contributed by atoms with Crippen LogP contribution in [0.2, 0.25) is 0 Å². The SMILES string of the molecule is CCCCOc1ccc(-n2c(CCC(=O)O)ccc2-c2ccc(F)cc2)cc1. The van der Waals surface area contributed by atoms with Gasteiger partial charge in [0, 0.05) is 11.4 Å². The van der Waals surface area contributed by atoms with Gasteiger partial charge in [-0.25, -0.2) is 4.39 Å². The molecule has 2 aromatic carbocycles. The first kappa shape index (κ1) is 19.7. The van der Waals surface area contributed by atoms with Gasteiger partial charge in [-0.2, -0.15) is 0 Å². The van der Waals surface area contributed by atoms with Crippen LogP contribution in [0.15, 0.2) is 60.7 Å². The molecular formula is C23H24FNO3. The molecule has 0 saturated carbocycles. The van der Waals surface area contributed by atoms with Crippen LogP contribution >= 0.6 is 0 Å². The molecule has 0 radical (unpaired) electrons. The maximum absolute atomic E-state index is 13.3. The summed E-state index contributed by atoms with van der Waals surface area (Å²) in [7, 11) is 0. The van der Waals surface area contributed by atoms with Crippen LogP contribution in [0.1, 0.15) is 31.9 Å². The Bertz CT molecular complexity index is 914. The predicted octanol–water partition coefficient (Wildman–Crippen LogP) is 5.48. The fourth-order valence-corrected chi connectivity index (χ4v) is 3.09. The van der Waals surface area contributed by atoms with E-state index in [0.717, 1.165) is 41.2 Å². The largest absolute Gasteiger partial charge is 0.494 e. The van der Waals surface area contributed by atoms with Gasteiger partial charge in [0.15, 0.2) is 0 Å². The average Bonchev–Trinajstić information content (AvgIpc) is 3.11. The number of aliphatic carboxylic acids is 1. The highest BCUT2D eigenvalue weighted by Crippen LogP contribution is 2.28. The molecule has 0 atom stereocenters. The Kier molecular flexibility index (Phi) is 6.48. The second kappa shape index (κ2) is 9.22. The van der Waals surface area contributed by atoms with E-state index in [0.29, 0.717) is 13.0 Å². The standard InChI is InChI=1S/C23H24FNO3/c1-2-3-16-28-21-12-8-19(9-13-21)25-20(11-15-23(26)27)10-14-22(25)17-4-6-18(24)7-5-17/h4-10,12-14H,2-3,11,15-16H2,1H3,(H,26,27). The summed E-state index contributed by atoms with van der Waals surface area (Å²) in [4.78, 5) is 11.0. The number of aromatic nitrogens is 1. The summed E-state index contributed by atoms with van der Waals surface area (Å²) in [6.07, 6.45) is 2.54. The number of benzene rings is 2. The predicted molar refractivity (Wildman–Crippen MR) is 108 cm³/mol. The van der Waals surface area contributed by atoms with Crippen molar-refractivity contribution in [2.75, 3.05) is 6.61 Å². The van der Waals surface area contributed by atoms with E-state index < -0.39 is 5.97 Å². The smallest absolute Gasteiger partial charge is 0.303 e. The Morgan fingerprint density at radius 2 is 1.75 bits per heavy atom. The summed E-state index contributed by atoms with van der Waals surface area (Å²) in [5.74, 6) is -0.322. The molecule has 0 spiro atoms. The van der Waals surface area contributed by atoms with Crippen molar-refractivity contribution in [3.8, 4) is 22.7 Å². The Morgan fingerprint density at radius 3 is 2.39 bits per heavy atom. The molecule has 0 aliphatic heterocycles. The van der Waals surface area contributed by atoms with E-state index in [4.69, 9.17) is 9.84 Å². The molecule has 5 heteroatoms. The zero-order chi connectivity index (χ0) is 19.9. The van der Waals surface area contributed by atoms with E-state index in [-0.39, 0.29) is 12.2 Å². The number of carboxylic acids is 1. The van der Waals surface area contributed by atoms with Crippen LogP contribution in [0.25, 0.3) is 16.9 Å². The molecule has 0 aliphatic rings. The molecule has 1 heterocycles. The van der Waals surface area contributed by atoms with E-state index in [1.165, 1.54) is 12.1 Å². The Labute approximate surface area is 164 Å². The Balaban J connectivity index is 1.95. The van der Waals surface area contributed by atoms with E-state index in [2.05, 4.69) is 6.92 Å². The van der Waals surface area contributed by atoms with Crippen molar-refractivity contribution in [1.29, 1.82) is 0 Å². The minimum Gasteiger partial charge on any atom is -0.494 e. The number of hydrogen-bond donors (Lipinski definition) is 1. The van der Waals surface area contributed by atoms with Crippen LogP contribution in [0.4, 0.5) is 4.39 Å². The second-order valence-electron chi connectivity index (χ2n) is 6.64.